The van der Waals surface area contributed by atoms with Crippen LogP contribution in [0.25, 0.3) is 0 Å². The van der Waals surface area contributed by atoms with Gasteiger partial charge in [-0.15, -0.1) is 0 Å². The van der Waals surface area contributed by atoms with E-state index in [-0.39, 0.29) is 0 Å². The number of ether oxygens (including phenoxy) is 1. The quantitative estimate of drug-likeness (QED) is 0.792. The largest absolute Gasteiger partial charge is 0.465 e. The zero-order chi connectivity index (χ0) is 18.2. The Hall–Kier alpha value is -2.76. The van der Waals surface area contributed by atoms with E-state index in [4.69, 9.17) is 0 Å². The molecule has 4 nitrogen and oxygen atoms in total. The minimum atomic E-state index is -3.76. The van der Waals surface area contributed by atoms with Crippen LogP contribution in [0.15, 0.2) is 54.6 Å². The fourth-order valence-electron chi connectivity index (χ4n) is 3.28. The zero-order valence-electron chi connectivity index (χ0n) is 13.8. The number of methoxy groups -OCH3 is 1. The van der Waals surface area contributed by atoms with Crippen molar-refractivity contribution in [2.75, 3.05) is 12.0 Å². The number of hydrogen-bond donors (Lipinski definition) is 0. The summed E-state index contributed by atoms with van der Waals surface area (Å²) in [5.41, 5.74) is 0.0591. The molecule has 0 aromatic heterocycles. The Morgan fingerprint density at radius 1 is 1.12 bits per heavy atom. The van der Waals surface area contributed by atoms with Gasteiger partial charge in [-0.1, -0.05) is 36.4 Å². The maximum atomic E-state index is 14.3. The number of fused-ring (bicyclic) bond motifs is 1. The summed E-state index contributed by atoms with van der Waals surface area (Å²) < 4.78 is 32.7. The number of nitrogens with zero attached hydrogens (tertiary/aromatic N) is 1. The number of carbonyl (C=O) groups is 2. The number of anilines is 2. The Bertz CT molecular complexity index is 822. The van der Waals surface area contributed by atoms with Gasteiger partial charge >= 0.3 is 11.9 Å². The molecule has 0 bridgehead atoms. The molecule has 25 heavy (non-hydrogen) atoms. The summed E-state index contributed by atoms with van der Waals surface area (Å²) in [7, 11) is 0.902. The summed E-state index contributed by atoms with van der Waals surface area (Å²) >= 11 is 0. The van der Waals surface area contributed by atoms with Crippen LogP contribution in [0, 0.1) is 0 Å². The average molecular weight is 345 g/mol. The molecule has 1 unspecified atom stereocenters. The van der Waals surface area contributed by atoms with Crippen LogP contribution in [0.1, 0.15) is 18.9 Å². The third-order valence-corrected chi connectivity index (χ3v) is 4.49. The van der Waals surface area contributed by atoms with Gasteiger partial charge in [0.1, 0.15) is 0 Å². The number of carbonyl (C=O) groups excluding carboxylic acids is 2. The van der Waals surface area contributed by atoms with Gasteiger partial charge < -0.3 is 4.74 Å². The van der Waals surface area contributed by atoms with Gasteiger partial charge in [-0.25, -0.2) is 4.79 Å². The lowest BCUT2D eigenvalue weighted by Gasteiger charge is -2.27. The lowest BCUT2D eigenvalue weighted by atomic mass is 9.78. The Morgan fingerprint density at radius 3 is 2.36 bits per heavy atom. The van der Waals surface area contributed by atoms with Crippen molar-refractivity contribution in [3.05, 3.63) is 60.2 Å². The van der Waals surface area contributed by atoms with E-state index in [0.29, 0.717) is 16.9 Å². The molecule has 1 amide bonds. The monoisotopic (exact) mass is 345 g/mol. The maximum absolute atomic E-state index is 14.3. The van der Waals surface area contributed by atoms with Crippen LogP contribution in [-0.4, -0.2) is 24.9 Å². The molecule has 0 aliphatic carbocycles. The molecular formula is C19H17F2NO3. The lowest BCUT2D eigenvalue weighted by molar-refractivity contribution is -0.172. The Balaban J connectivity index is 2.10. The van der Waals surface area contributed by atoms with E-state index >= 15 is 0 Å². The third-order valence-electron chi connectivity index (χ3n) is 4.49. The molecule has 130 valence electrons. The molecular weight excluding hydrogens is 328 g/mol. The van der Waals surface area contributed by atoms with E-state index in [1.807, 2.05) is 0 Å². The minimum absolute atomic E-state index is 0.465. The molecule has 1 atom stereocenters. The van der Waals surface area contributed by atoms with Crippen LogP contribution in [0.4, 0.5) is 20.2 Å². The summed E-state index contributed by atoms with van der Waals surface area (Å²) in [6.45, 7) is 1.44. The third kappa shape index (κ3) is 2.67. The summed E-state index contributed by atoms with van der Waals surface area (Å²) in [4.78, 5) is 26.0. The van der Waals surface area contributed by atoms with Crippen LogP contribution >= 0.6 is 0 Å². The van der Waals surface area contributed by atoms with Gasteiger partial charge in [0.25, 0.3) is 0 Å². The molecule has 1 heterocycles. The topological polar surface area (TPSA) is 46.6 Å². The number of esters is 1. The highest BCUT2D eigenvalue weighted by molar-refractivity contribution is 6.13. The summed E-state index contributed by atoms with van der Waals surface area (Å²) in [5.74, 6) is -5.90. The minimum Gasteiger partial charge on any atom is -0.465 e. The van der Waals surface area contributed by atoms with Gasteiger partial charge in [-0.05, 0) is 30.7 Å². The zero-order valence-corrected chi connectivity index (χ0v) is 13.8. The number of rotatable bonds is 4. The van der Waals surface area contributed by atoms with Gasteiger partial charge in [0, 0.05) is 12.1 Å². The predicted octanol–water partition coefficient (Wildman–Crippen LogP) is 3.82. The fraction of sp³-hybridized carbons (Fsp3) is 0.263. The molecule has 1 aliphatic heterocycles. The Labute approximate surface area is 144 Å². The first kappa shape index (κ1) is 17.1. The molecule has 0 fully saturated rings. The molecule has 0 spiro atoms. The normalized spacial score (nSPS) is 19.7. The molecule has 2 aromatic rings. The highest BCUT2D eigenvalue weighted by Crippen LogP contribution is 2.49. The predicted molar refractivity (Wildman–Crippen MR) is 89.0 cm³/mol. The lowest BCUT2D eigenvalue weighted by Crippen LogP contribution is -2.43. The first-order valence-corrected chi connectivity index (χ1v) is 7.76. The van der Waals surface area contributed by atoms with Gasteiger partial charge in [0.05, 0.1) is 18.2 Å². The van der Waals surface area contributed by atoms with E-state index in [2.05, 4.69) is 4.74 Å². The second-order valence-electron chi connectivity index (χ2n) is 6.20. The molecule has 1 aliphatic rings. The first-order valence-electron chi connectivity index (χ1n) is 7.76. The maximum Gasteiger partial charge on any atom is 0.376 e. The Kier molecular flexibility index (Phi) is 4.06. The van der Waals surface area contributed by atoms with Crippen LogP contribution in [0.2, 0.25) is 0 Å². The van der Waals surface area contributed by atoms with E-state index in [1.54, 1.807) is 54.6 Å². The number of hydrogen-bond acceptors (Lipinski definition) is 3. The van der Waals surface area contributed by atoms with E-state index in [1.165, 1.54) is 11.8 Å². The van der Waals surface area contributed by atoms with Crippen LogP contribution in [0.5, 0.6) is 0 Å². The number of halogens is 2. The second kappa shape index (κ2) is 5.95. The number of para-hydroxylation sites is 2. The number of amides is 1. The van der Waals surface area contributed by atoms with Crippen molar-refractivity contribution in [2.24, 2.45) is 0 Å². The molecule has 3 rings (SSSR count). The van der Waals surface area contributed by atoms with Crippen molar-refractivity contribution in [3.63, 3.8) is 0 Å². The van der Waals surface area contributed by atoms with E-state index < -0.39 is 29.6 Å². The van der Waals surface area contributed by atoms with Crippen molar-refractivity contribution in [2.45, 2.75) is 24.7 Å². The standard InChI is InChI=1S/C19H17F2NO3/c1-18(12-19(20,21)17(24)25-2)14-10-6-7-11-15(14)22(16(18)23)13-8-4-3-5-9-13/h3-11H,12H2,1-2H3. The van der Waals surface area contributed by atoms with Crippen LogP contribution < -0.4 is 4.90 Å². The number of benzene rings is 2. The van der Waals surface area contributed by atoms with Gasteiger partial charge in [0.2, 0.25) is 5.91 Å². The molecule has 2 aromatic carbocycles. The average Bonchev–Trinajstić information content (AvgIpc) is 2.82. The van der Waals surface area contributed by atoms with Crippen molar-refractivity contribution in [1.29, 1.82) is 0 Å². The van der Waals surface area contributed by atoms with E-state index in [9.17, 15) is 18.4 Å². The van der Waals surface area contributed by atoms with Crippen LogP contribution in [0.3, 0.4) is 0 Å². The van der Waals surface area contributed by atoms with Gasteiger partial charge in [0.15, 0.2) is 0 Å². The smallest absolute Gasteiger partial charge is 0.376 e. The summed E-state index contributed by atoms with van der Waals surface area (Å²) in [6, 6.07) is 15.6. The van der Waals surface area contributed by atoms with Crippen molar-refractivity contribution < 1.29 is 23.1 Å². The molecule has 0 saturated carbocycles. The van der Waals surface area contributed by atoms with Gasteiger partial charge in [-0.2, -0.15) is 8.78 Å². The molecule has 6 heteroatoms. The Morgan fingerprint density at radius 2 is 1.72 bits per heavy atom. The van der Waals surface area contributed by atoms with Crippen LogP contribution in [-0.2, 0) is 19.7 Å². The highest BCUT2D eigenvalue weighted by atomic mass is 19.3. The second-order valence-corrected chi connectivity index (χ2v) is 6.20. The molecule has 0 saturated heterocycles. The molecule has 0 radical (unpaired) electrons. The van der Waals surface area contributed by atoms with Gasteiger partial charge in [-0.3, -0.25) is 9.69 Å². The van der Waals surface area contributed by atoms with Crippen molar-refractivity contribution >= 4 is 23.3 Å². The summed E-state index contributed by atoms with van der Waals surface area (Å²) in [5, 5.41) is 0. The SMILES string of the molecule is COC(=O)C(F)(F)CC1(C)C(=O)N(c2ccccc2)c2ccccc21. The van der Waals surface area contributed by atoms with Crippen molar-refractivity contribution in [3.8, 4) is 0 Å². The fourth-order valence-corrected chi connectivity index (χ4v) is 3.28. The van der Waals surface area contributed by atoms with E-state index in [0.717, 1.165) is 7.11 Å². The van der Waals surface area contributed by atoms with Crippen molar-refractivity contribution in [1.82, 2.24) is 0 Å². The molecule has 0 N–H and O–H groups in total. The number of alkyl halides is 2. The highest BCUT2D eigenvalue weighted by Gasteiger charge is 2.56. The summed E-state index contributed by atoms with van der Waals surface area (Å²) in [6.07, 6.45) is -0.953. The first-order chi connectivity index (χ1) is 11.8.